The van der Waals surface area contributed by atoms with Crippen LogP contribution in [-0.4, -0.2) is 32.1 Å². The van der Waals surface area contributed by atoms with Crippen molar-refractivity contribution in [3.63, 3.8) is 0 Å². The Labute approximate surface area is 187 Å². The van der Waals surface area contributed by atoms with E-state index in [0.29, 0.717) is 24.7 Å². The maximum atomic E-state index is 12.9. The average molecular weight is 449 g/mol. The molecule has 7 nitrogen and oxygen atoms in total. The molecule has 0 saturated heterocycles. The van der Waals surface area contributed by atoms with Gasteiger partial charge in [0.15, 0.2) is 17.5 Å². The Kier molecular flexibility index (Phi) is 9.72. The lowest BCUT2D eigenvalue weighted by atomic mass is 10.1. The summed E-state index contributed by atoms with van der Waals surface area (Å²) < 4.78 is 35.8. The summed E-state index contributed by atoms with van der Waals surface area (Å²) in [5.41, 5.74) is 2.23. The molecule has 0 radical (unpaired) electrons. The summed E-state index contributed by atoms with van der Waals surface area (Å²) in [5, 5.41) is 9.10. The average Bonchev–Trinajstić information content (AvgIpc) is 2.76. The molecule has 0 unspecified atom stereocenters. The number of nitrogens with one attached hydrogen (secondary N) is 3. The zero-order chi connectivity index (χ0) is 23.5. The van der Waals surface area contributed by atoms with E-state index >= 15 is 0 Å². The van der Waals surface area contributed by atoms with E-state index < -0.39 is 6.61 Å². The minimum absolute atomic E-state index is 0.00587. The number of carbonyl (C=O) groups is 1. The summed E-state index contributed by atoms with van der Waals surface area (Å²) in [6.45, 7) is 3.51. The van der Waals surface area contributed by atoms with Gasteiger partial charge < -0.3 is 25.4 Å². The largest absolute Gasteiger partial charge is 0.490 e. The molecule has 32 heavy (non-hydrogen) atoms. The highest BCUT2D eigenvalue weighted by molar-refractivity contribution is 5.92. The minimum Gasteiger partial charge on any atom is -0.490 e. The normalized spacial score (nSPS) is 11.4. The molecule has 0 aliphatic carbocycles. The van der Waals surface area contributed by atoms with Gasteiger partial charge in [-0.15, -0.1) is 0 Å². The highest BCUT2D eigenvalue weighted by Crippen LogP contribution is 2.32. The van der Waals surface area contributed by atoms with Crippen molar-refractivity contribution in [1.29, 1.82) is 0 Å². The Morgan fingerprint density at radius 2 is 1.75 bits per heavy atom. The monoisotopic (exact) mass is 448 g/mol. The van der Waals surface area contributed by atoms with Gasteiger partial charge in [0.05, 0.1) is 6.61 Å². The lowest BCUT2D eigenvalue weighted by Crippen LogP contribution is -2.36. The Morgan fingerprint density at radius 3 is 2.34 bits per heavy atom. The Morgan fingerprint density at radius 1 is 1.06 bits per heavy atom. The molecule has 2 aromatic rings. The molecule has 174 valence electrons. The summed E-state index contributed by atoms with van der Waals surface area (Å²) in [6.07, 6.45) is 0. The predicted octanol–water partition coefficient (Wildman–Crippen LogP) is 4.15. The number of carbonyl (C=O) groups excluding carboxylic acids is 1. The summed E-state index contributed by atoms with van der Waals surface area (Å²) in [5.74, 6) is 0.633. The highest BCUT2D eigenvalue weighted by Gasteiger charge is 2.16. The number of hydrogen-bond donors (Lipinski definition) is 3. The molecule has 0 bridgehead atoms. The molecule has 2 aromatic carbocycles. The molecule has 0 saturated carbocycles. The molecule has 3 N–H and O–H groups in total. The molecule has 2 rings (SSSR count). The number of guanidine groups is 1. The molecule has 0 fully saturated rings. The number of alkyl halides is 2. The zero-order valence-corrected chi connectivity index (χ0v) is 18.7. The summed E-state index contributed by atoms with van der Waals surface area (Å²) in [4.78, 5) is 15.9. The first kappa shape index (κ1) is 24.9. The number of para-hydroxylation sites is 1. The number of aliphatic imine (C=N–C) groups is 1. The number of hydrogen-bond acceptors (Lipinski definition) is 4. The molecular formula is C23H30F2N4O3. The molecular weight excluding hydrogens is 418 g/mol. The number of nitrogens with zero attached hydrogens (tertiary/aromatic N) is 1. The van der Waals surface area contributed by atoms with Crippen molar-refractivity contribution in [3.05, 3.63) is 53.6 Å². The Hall–Kier alpha value is -3.36. The molecule has 0 spiro atoms. The molecule has 0 heterocycles. The van der Waals surface area contributed by atoms with Gasteiger partial charge in [-0.1, -0.05) is 38.1 Å². The minimum atomic E-state index is -2.96. The van der Waals surface area contributed by atoms with E-state index in [1.807, 2.05) is 38.1 Å². The Balaban J connectivity index is 1.96. The van der Waals surface area contributed by atoms with E-state index in [0.717, 1.165) is 11.3 Å². The van der Waals surface area contributed by atoms with Gasteiger partial charge in [-0.3, -0.25) is 9.79 Å². The van der Waals surface area contributed by atoms with Crippen molar-refractivity contribution in [3.8, 4) is 11.5 Å². The van der Waals surface area contributed by atoms with Gasteiger partial charge in [0, 0.05) is 37.3 Å². The SMILES string of the molecule is CCOc1cccc(CNC(=NC)NCc2ccc(NC(=O)C(C)C)cc2)c1OC(F)F. The van der Waals surface area contributed by atoms with Crippen LogP contribution in [0, 0.1) is 5.92 Å². The third-order valence-electron chi connectivity index (χ3n) is 4.44. The Bertz CT molecular complexity index is 903. The fourth-order valence-corrected chi connectivity index (χ4v) is 2.77. The van der Waals surface area contributed by atoms with Crippen LogP contribution in [0.5, 0.6) is 11.5 Å². The third kappa shape index (κ3) is 7.72. The second kappa shape index (κ2) is 12.5. The molecule has 0 aliphatic rings. The summed E-state index contributed by atoms with van der Waals surface area (Å²) in [7, 11) is 1.62. The van der Waals surface area contributed by atoms with Crippen molar-refractivity contribution in [2.45, 2.75) is 40.5 Å². The zero-order valence-electron chi connectivity index (χ0n) is 18.7. The van der Waals surface area contributed by atoms with Gasteiger partial charge in [0.2, 0.25) is 5.91 Å². The van der Waals surface area contributed by atoms with Crippen molar-refractivity contribution in [1.82, 2.24) is 10.6 Å². The number of ether oxygens (including phenoxy) is 2. The quantitative estimate of drug-likeness (QED) is 0.376. The third-order valence-corrected chi connectivity index (χ3v) is 4.44. The van der Waals surface area contributed by atoms with Crippen LogP contribution >= 0.6 is 0 Å². The van der Waals surface area contributed by atoms with E-state index in [2.05, 4.69) is 25.7 Å². The number of benzene rings is 2. The standard InChI is InChI=1S/C23H30F2N4O3/c1-5-31-19-8-6-7-17(20(19)32-22(24)25)14-28-23(26-4)27-13-16-9-11-18(12-10-16)29-21(30)15(2)3/h6-12,15,22H,5,13-14H2,1-4H3,(H,29,30)(H2,26,27,28). The van der Waals surface area contributed by atoms with Crippen LogP contribution < -0.4 is 25.4 Å². The highest BCUT2D eigenvalue weighted by atomic mass is 19.3. The van der Waals surface area contributed by atoms with Crippen molar-refractivity contribution >= 4 is 17.6 Å². The molecule has 1 amide bonds. The van der Waals surface area contributed by atoms with Crippen LogP contribution in [0.2, 0.25) is 0 Å². The van der Waals surface area contributed by atoms with Gasteiger partial charge in [0.25, 0.3) is 0 Å². The number of amides is 1. The van der Waals surface area contributed by atoms with Crippen LogP contribution in [0.1, 0.15) is 31.9 Å². The van der Waals surface area contributed by atoms with E-state index in [1.54, 1.807) is 32.2 Å². The van der Waals surface area contributed by atoms with Crippen LogP contribution in [0.4, 0.5) is 14.5 Å². The maximum Gasteiger partial charge on any atom is 0.387 e. The topological polar surface area (TPSA) is 84.0 Å². The van der Waals surface area contributed by atoms with Crippen LogP contribution in [0.3, 0.4) is 0 Å². The number of anilines is 1. The van der Waals surface area contributed by atoms with E-state index in [1.165, 1.54) is 0 Å². The fourth-order valence-electron chi connectivity index (χ4n) is 2.77. The molecule has 0 atom stereocenters. The first-order valence-corrected chi connectivity index (χ1v) is 10.4. The van der Waals surface area contributed by atoms with Crippen LogP contribution in [0.25, 0.3) is 0 Å². The predicted molar refractivity (Wildman–Crippen MR) is 121 cm³/mol. The van der Waals surface area contributed by atoms with E-state index in [9.17, 15) is 13.6 Å². The molecule has 0 aliphatic heterocycles. The van der Waals surface area contributed by atoms with Crippen LogP contribution in [0.15, 0.2) is 47.5 Å². The first-order valence-electron chi connectivity index (χ1n) is 10.4. The summed E-state index contributed by atoms with van der Waals surface area (Å²) >= 11 is 0. The van der Waals surface area contributed by atoms with Crippen molar-refractivity contribution in [2.75, 3.05) is 19.0 Å². The van der Waals surface area contributed by atoms with Gasteiger partial charge in [-0.25, -0.2) is 0 Å². The van der Waals surface area contributed by atoms with Crippen LogP contribution in [-0.2, 0) is 17.9 Å². The number of halogens is 2. The van der Waals surface area contributed by atoms with E-state index in [4.69, 9.17) is 4.74 Å². The van der Waals surface area contributed by atoms with Gasteiger partial charge >= 0.3 is 6.61 Å². The fraction of sp³-hybridized carbons (Fsp3) is 0.391. The smallest absolute Gasteiger partial charge is 0.387 e. The number of rotatable bonds is 10. The van der Waals surface area contributed by atoms with E-state index in [-0.39, 0.29) is 29.9 Å². The van der Waals surface area contributed by atoms with Gasteiger partial charge in [-0.2, -0.15) is 8.78 Å². The van der Waals surface area contributed by atoms with Crippen molar-refractivity contribution in [2.24, 2.45) is 10.9 Å². The molecule has 0 aromatic heterocycles. The first-order chi connectivity index (χ1) is 15.3. The second-order valence-electron chi connectivity index (χ2n) is 7.18. The molecule has 9 heteroatoms. The lowest BCUT2D eigenvalue weighted by Gasteiger charge is -2.17. The summed E-state index contributed by atoms with van der Waals surface area (Å²) in [6, 6.07) is 12.5. The second-order valence-corrected chi connectivity index (χ2v) is 7.18. The van der Waals surface area contributed by atoms with Gasteiger partial charge in [0.1, 0.15) is 0 Å². The van der Waals surface area contributed by atoms with Gasteiger partial charge in [-0.05, 0) is 30.7 Å². The lowest BCUT2D eigenvalue weighted by molar-refractivity contribution is -0.118. The van der Waals surface area contributed by atoms with Crippen molar-refractivity contribution < 1.29 is 23.0 Å². The maximum absolute atomic E-state index is 12.9.